The molecule has 0 saturated carbocycles. The molecule has 142 valence electrons. The van der Waals surface area contributed by atoms with E-state index in [1.807, 2.05) is 0 Å². The van der Waals surface area contributed by atoms with Crippen LogP contribution in [0.15, 0.2) is 24.3 Å². The summed E-state index contributed by atoms with van der Waals surface area (Å²) in [5.41, 5.74) is 0.601. The minimum atomic E-state index is -2.85. The molecule has 2 aliphatic rings. The highest BCUT2D eigenvalue weighted by molar-refractivity contribution is 5.83. The summed E-state index contributed by atoms with van der Waals surface area (Å²) in [6.45, 7) is 1.12. The molecule has 0 aromatic heterocycles. The average Bonchev–Trinajstić information content (AvgIpc) is 2.80. The number of nitrogens with zero attached hydrogens (tertiary/aromatic N) is 2. The van der Waals surface area contributed by atoms with Gasteiger partial charge in [0.25, 0.3) is 5.92 Å². The number of alkyl halides is 2. The molecule has 2 aliphatic heterocycles. The third-order valence-electron chi connectivity index (χ3n) is 4.81. The van der Waals surface area contributed by atoms with Crippen LogP contribution >= 0.6 is 0 Å². The van der Waals surface area contributed by atoms with E-state index in [2.05, 4.69) is 5.32 Å². The summed E-state index contributed by atoms with van der Waals surface area (Å²) in [7, 11) is 0. The molecule has 2 fully saturated rings. The summed E-state index contributed by atoms with van der Waals surface area (Å²) in [6.07, 6.45) is 0.205. The van der Waals surface area contributed by atoms with Crippen molar-refractivity contribution in [2.75, 3.05) is 32.7 Å². The highest BCUT2D eigenvalue weighted by Crippen LogP contribution is 2.26. The van der Waals surface area contributed by atoms with E-state index in [0.29, 0.717) is 38.2 Å². The molecular formula is C18H22F3N3O2. The third kappa shape index (κ3) is 4.55. The first-order chi connectivity index (χ1) is 12.3. The van der Waals surface area contributed by atoms with Gasteiger partial charge in [0.1, 0.15) is 5.82 Å². The van der Waals surface area contributed by atoms with Gasteiger partial charge in [-0.25, -0.2) is 13.2 Å². The fourth-order valence-corrected chi connectivity index (χ4v) is 3.43. The molecule has 3 rings (SSSR count). The summed E-state index contributed by atoms with van der Waals surface area (Å²) in [6, 6.07) is 5.05. The van der Waals surface area contributed by atoms with Gasteiger partial charge >= 0.3 is 0 Å². The molecule has 26 heavy (non-hydrogen) atoms. The fourth-order valence-electron chi connectivity index (χ4n) is 3.43. The van der Waals surface area contributed by atoms with Crippen LogP contribution in [-0.2, 0) is 16.0 Å². The predicted octanol–water partition coefficient (Wildman–Crippen LogP) is 1.43. The molecule has 1 N–H and O–H groups in total. The second-order valence-corrected chi connectivity index (χ2v) is 6.86. The summed E-state index contributed by atoms with van der Waals surface area (Å²) in [5, 5.41) is 2.58. The highest BCUT2D eigenvalue weighted by atomic mass is 19.3. The number of carbonyl (C=O) groups is 2. The zero-order chi connectivity index (χ0) is 18.7. The van der Waals surface area contributed by atoms with E-state index in [9.17, 15) is 22.8 Å². The van der Waals surface area contributed by atoms with Crippen molar-refractivity contribution in [2.45, 2.75) is 31.2 Å². The van der Waals surface area contributed by atoms with E-state index in [1.54, 1.807) is 21.9 Å². The number of benzene rings is 1. The van der Waals surface area contributed by atoms with Crippen molar-refractivity contribution in [3.05, 3.63) is 35.6 Å². The highest BCUT2D eigenvalue weighted by Gasteiger charge is 2.43. The zero-order valence-electron chi connectivity index (χ0n) is 14.4. The van der Waals surface area contributed by atoms with Crippen molar-refractivity contribution in [3.63, 3.8) is 0 Å². The number of halogens is 3. The first-order valence-corrected chi connectivity index (χ1v) is 8.76. The van der Waals surface area contributed by atoms with E-state index < -0.39 is 24.9 Å². The van der Waals surface area contributed by atoms with Crippen LogP contribution in [0.5, 0.6) is 0 Å². The van der Waals surface area contributed by atoms with Gasteiger partial charge in [0.2, 0.25) is 11.8 Å². The van der Waals surface area contributed by atoms with Gasteiger partial charge in [0.15, 0.2) is 0 Å². The SMILES string of the molecule is O=C(Cc1cccc(F)c1)N1CCCN(C(=O)C2CC(F)(F)CN2)CC1. The second-order valence-electron chi connectivity index (χ2n) is 6.86. The van der Waals surface area contributed by atoms with Gasteiger partial charge in [-0.05, 0) is 24.1 Å². The van der Waals surface area contributed by atoms with Gasteiger partial charge < -0.3 is 9.80 Å². The Morgan fingerprint density at radius 3 is 2.58 bits per heavy atom. The van der Waals surface area contributed by atoms with Crippen LogP contribution in [0.2, 0.25) is 0 Å². The van der Waals surface area contributed by atoms with Gasteiger partial charge in [-0.2, -0.15) is 0 Å². The van der Waals surface area contributed by atoms with E-state index in [-0.39, 0.29) is 24.1 Å². The standard InChI is InChI=1S/C18H22F3N3O2/c19-14-4-1-3-13(9-14)10-16(25)23-5-2-6-24(8-7-23)17(26)15-11-18(20,21)12-22-15/h1,3-4,9,15,22H,2,5-8,10-12H2. The van der Waals surface area contributed by atoms with Gasteiger partial charge in [0.05, 0.1) is 19.0 Å². The smallest absolute Gasteiger partial charge is 0.262 e. The van der Waals surface area contributed by atoms with Crippen molar-refractivity contribution in [1.82, 2.24) is 15.1 Å². The maximum absolute atomic E-state index is 13.3. The summed E-state index contributed by atoms with van der Waals surface area (Å²) in [5.74, 6) is -3.69. The fraction of sp³-hybridized carbons (Fsp3) is 0.556. The van der Waals surface area contributed by atoms with Crippen LogP contribution in [0.25, 0.3) is 0 Å². The van der Waals surface area contributed by atoms with Crippen molar-refractivity contribution in [2.24, 2.45) is 0 Å². The van der Waals surface area contributed by atoms with Crippen LogP contribution < -0.4 is 5.32 Å². The lowest BCUT2D eigenvalue weighted by Crippen LogP contribution is -2.45. The minimum Gasteiger partial charge on any atom is -0.341 e. The van der Waals surface area contributed by atoms with Crippen molar-refractivity contribution in [1.29, 1.82) is 0 Å². The maximum Gasteiger partial charge on any atom is 0.262 e. The predicted molar refractivity (Wildman–Crippen MR) is 89.2 cm³/mol. The van der Waals surface area contributed by atoms with Crippen LogP contribution in [0.3, 0.4) is 0 Å². The molecule has 2 heterocycles. The molecule has 0 radical (unpaired) electrons. The van der Waals surface area contributed by atoms with Crippen molar-refractivity contribution < 1.29 is 22.8 Å². The Morgan fingerprint density at radius 1 is 1.15 bits per heavy atom. The largest absolute Gasteiger partial charge is 0.341 e. The molecule has 0 bridgehead atoms. The Bertz CT molecular complexity index is 683. The first kappa shape index (κ1) is 18.7. The number of nitrogens with one attached hydrogen (secondary N) is 1. The summed E-state index contributed by atoms with van der Waals surface area (Å²) < 4.78 is 39.8. The lowest BCUT2D eigenvalue weighted by Gasteiger charge is -2.24. The maximum atomic E-state index is 13.3. The van der Waals surface area contributed by atoms with Crippen LogP contribution in [-0.4, -0.2) is 66.3 Å². The quantitative estimate of drug-likeness (QED) is 0.877. The summed E-state index contributed by atoms with van der Waals surface area (Å²) in [4.78, 5) is 28.1. The lowest BCUT2D eigenvalue weighted by molar-refractivity contribution is -0.134. The van der Waals surface area contributed by atoms with E-state index in [0.717, 1.165) is 0 Å². The molecule has 8 heteroatoms. The molecule has 1 aromatic rings. The Labute approximate surface area is 150 Å². The molecule has 2 amide bonds. The Morgan fingerprint density at radius 2 is 1.88 bits per heavy atom. The minimum absolute atomic E-state index is 0.0993. The van der Waals surface area contributed by atoms with E-state index >= 15 is 0 Å². The molecule has 1 unspecified atom stereocenters. The number of hydrogen-bond acceptors (Lipinski definition) is 3. The topological polar surface area (TPSA) is 52.7 Å². The molecule has 5 nitrogen and oxygen atoms in total. The Hall–Kier alpha value is -2.09. The zero-order valence-corrected chi connectivity index (χ0v) is 14.4. The Kier molecular flexibility index (Phi) is 5.50. The molecule has 0 aliphatic carbocycles. The third-order valence-corrected chi connectivity index (χ3v) is 4.81. The lowest BCUT2D eigenvalue weighted by atomic mass is 10.1. The molecule has 0 spiro atoms. The molecular weight excluding hydrogens is 347 g/mol. The van der Waals surface area contributed by atoms with Crippen molar-refractivity contribution in [3.8, 4) is 0 Å². The van der Waals surface area contributed by atoms with Crippen LogP contribution in [0.1, 0.15) is 18.4 Å². The first-order valence-electron chi connectivity index (χ1n) is 8.76. The number of hydrogen-bond donors (Lipinski definition) is 1. The van der Waals surface area contributed by atoms with Gasteiger partial charge in [-0.1, -0.05) is 12.1 Å². The number of amides is 2. The second kappa shape index (κ2) is 7.65. The molecule has 1 atom stereocenters. The van der Waals surface area contributed by atoms with Crippen LogP contribution in [0.4, 0.5) is 13.2 Å². The monoisotopic (exact) mass is 369 g/mol. The van der Waals surface area contributed by atoms with E-state index in [4.69, 9.17) is 0 Å². The molecule has 1 aromatic carbocycles. The van der Waals surface area contributed by atoms with E-state index in [1.165, 1.54) is 12.1 Å². The van der Waals surface area contributed by atoms with Gasteiger partial charge in [0, 0.05) is 32.6 Å². The number of carbonyl (C=O) groups excluding carboxylic acids is 2. The summed E-state index contributed by atoms with van der Waals surface area (Å²) >= 11 is 0. The van der Waals surface area contributed by atoms with Crippen molar-refractivity contribution >= 4 is 11.8 Å². The van der Waals surface area contributed by atoms with Gasteiger partial charge in [-0.15, -0.1) is 0 Å². The van der Waals surface area contributed by atoms with Crippen LogP contribution in [0, 0.1) is 5.82 Å². The van der Waals surface area contributed by atoms with Gasteiger partial charge in [-0.3, -0.25) is 14.9 Å². The molecule has 2 saturated heterocycles. The average molecular weight is 369 g/mol. The normalized spacial score (nSPS) is 23.0. The number of rotatable bonds is 3. The Balaban J connectivity index is 1.54.